The molecule has 0 aliphatic rings. The van der Waals surface area contributed by atoms with Crippen LogP contribution in [-0.4, -0.2) is 17.4 Å². The Hall–Kier alpha value is -2.10. The van der Waals surface area contributed by atoms with E-state index in [1.54, 1.807) is 0 Å². The number of ketones is 1. The van der Waals surface area contributed by atoms with Gasteiger partial charge >= 0.3 is 0 Å². The number of unbranched alkanes of at least 4 members (excludes halogenated alkanes) is 1. The first-order chi connectivity index (χ1) is 10.8. The molecule has 23 heavy (non-hydrogen) atoms. The number of anilines is 1. The van der Waals surface area contributed by atoms with E-state index in [9.17, 15) is 4.79 Å². The number of hydrogen-bond donors (Lipinski definition) is 1. The summed E-state index contributed by atoms with van der Waals surface area (Å²) in [5.41, 5.74) is 7.97. The van der Waals surface area contributed by atoms with Gasteiger partial charge in [-0.25, -0.2) is 0 Å². The smallest absolute Gasteiger partial charge is 0.141 e. The number of nitrogens with zero attached hydrogens (tertiary/aromatic N) is 1. The molecule has 124 valence electrons. The SMILES string of the molecule is CCCCC(=O)C(C)(C)COc1cccc2nc(C)cc(N)c12. The van der Waals surface area contributed by atoms with Crippen LogP contribution < -0.4 is 10.5 Å². The molecule has 1 aromatic heterocycles. The number of pyridine rings is 1. The van der Waals surface area contributed by atoms with Crippen LogP contribution in [0.3, 0.4) is 0 Å². The van der Waals surface area contributed by atoms with E-state index in [0.29, 0.717) is 24.5 Å². The molecule has 0 radical (unpaired) electrons. The number of benzene rings is 1. The molecule has 0 amide bonds. The number of ether oxygens (including phenoxy) is 1. The minimum atomic E-state index is -0.510. The average Bonchev–Trinajstić information content (AvgIpc) is 2.49. The predicted molar refractivity (Wildman–Crippen MR) is 94.7 cm³/mol. The molecule has 0 saturated heterocycles. The molecule has 4 nitrogen and oxygen atoms in total. The lowest BCUT2D eigenvalue weighted by molar-refractivity contribution is -0.128. The number of aromatic nitrogens is 1. The Balaban J connectivity index is 2.21. The Bertz CT molecular complexity index is 708. The molecule has 0 aliphatic carbocycles. The molecule has 0 spiro atoms. The highest BCUT2D eigenvalue weighted by Gasteiger charge is 2.28. The Kier molecular flexibility index (Phi) is 5.24. The maximum absolute atomic E-state index is 12.3. The van der Waals surface area contributed by atoms with E-state index in [4.69, 9.17) is 10.5 Å². The predicted octanol–water partition coefficient (Wildman–Crippen LogP) is 4.29. The van der Waals surface area contributed by atoms with E-state index in [1.165, 1.54) is 0 Å². The molecule has 2 aromatic rings. The van der Waals surface area contributed by atoms with Crippen LogP contribution in [0.4, 0.5) is 5.69 Å². The summed E-state index contributed by atoms with van der Waals surface area (Å²) in [5, 5.41) is 0.815. The number of nitrogens with two attached hydrogens (primary N) is 1. The lowest BCUT2D eigenvalue weighted by Gasteiger charge is -2.24. The molecule has 0 fully saturated rings. The Labute approximate surface area is 138 Å². The molecular weight excluding hydrogens is 288 g/mol. The van der Waals surface area contributed by atoms with E-state index >= 15 is 0 Å². The highest BCUT2D eigenvalue weighted by atomic mass is 16.5. The maximum Gasteiger partial charge on any atom is 0.141 e. The van der Waals surface area contributed by atoms with Gasteiger partial charge in [0.25, 0.3) is 0 Å². The van der Waals surface area contributed by atoms with Crippen LogP contribution in [0.1, 0.15) is 45.7 Å². The molecule has 0 saturated carbocycles. The van der Waals surface area contributed by atoms with Crippen molar-refractivity contribution in [1.82, 2.24) is 4.98 Å². The molecule has 0 unspecified atom stereocenters. The molecule has 1 heterocycles. The monoisotopic (exact) mass is 314 g/mol. The van der Waals surface area contributed by atoms with Crippen LogP contribution in [0.2, 0.25) is 0 Å². The number of fused-ring (bicyclic) bond motifs is 1. The van der Waals surface area contributed by atoms with Crippen molar-refractivity contribution in [3.63, 3.8) is 0 Å². The fourth-order valence-corrected chi connectivity index (χ4v) is 2.56. The summed E-state index contributed by atoms with van der Waals surface area (Å²) in [6.45, 7) is 8.20. The summed E-state index contributed by atoms with van der Waals surface area (Å²) in [4.78, 5) is 16.8. The number of carbonyl (C=O) groups excluding carboxylic acids is 1. The maximum atomic E-state index is 12.3. The van der Waals surface area contributed by atoms with Crippen LogP contribution in [-0.2, 0) is 4.79 Å². The Morgan fingerprint density at radius 2 is 2.09 bits per heavy atom. The van der Waals surface area contributed by atoms with E-state index in [2.05, 4.69) is 11.9 Å². The third-order valence-corrected chi connectivity index (χ3v) is 4.05. The minimum absolute atomic E-state index is 0.238. The molecule has 4 heteroatoms. The van der Waals surface area contributed by atoms with Crippen LogP contribution in [0.15, 0.2) is 24.3 Å². The molecule has 2 N–H and O–H groups in total. The summed E-state index contributed by atoms with van der Waals surface area (Å²) in [6.07, 6.45) is 2.55. The van der Waals surface area contributed by atoms with Gasteiger partial charge in [0.15, 0.2) is 0 Å². The van der Waals surface area contributed by atoms with Crippen LogP contribution >= 0.6 is 0 Å². The van der Waals surface area contributed by atoms with Crippen molar-refractivity contribution in [2.24, 2.45) is 5.41 Å². The number of hydrogen-bond acceptors (Lipinski definition) is 4. The zero-order valence-corrected chi connectivity index (χ0v) is 14.5. The molecule has 1 aromatic carbocycles. The second-order valence-corrected chi connectivity index (χ2v) is 6.70. The van der Waals surface area contributed by atoms with Gasteiger partial charge in [0.05, 0.1) is 16.3 Å². The summed E-state index contributed by atoms with van der Waals surface area (Å²) < 4.78 is 5.97. The first-order valence-electron chi connectivity index (χ1n) is 8.17. The fraction of sp³-hybridized carbons (Fsp3) is 0.474. The summed E-state index contributed by atoms with van der Waals surface area (Å²) in [5.74, 6) is 0.922. The van der Waals surface area contributed by atoms with Crippen molar-refractivity contribution in [3.05, 3.63) is 30.0 Å². The standard InChI is InChI=1S/C19H26N2O2/c1-5-6-10-17(22)19(3,4)12-23-16-9-7-8-15-18(16)14(20)11-13(2)21-15/h7-9,11H,5-6,10,12H2,1-4H3,(H2,20,21). The highest BCUT2D eigenvalue weighted by Crippen LogP contribution is 2.31. The minimum Gasteiger partial charge on any atom is -0.492 e. The number of nitrogen functional groups attached to an aromatic ring is 1. The van der Waals surface area contributed by atoms with Crippen molar-refractivity contribution in [1.29, 1.82) is 0 Å². The Morgan fingerprint density at radius 1 is 1.35 bits per heavy atom. The largest absolute Gasteiger partial charge is 0.492 e. The number of Topliss-reactive ketones (excluding diaryl/α,β-unsaturated/α-hetero) is 1. The average molecular weight is 314 g/mol. The van der Waals surface area contributed by atoms with E-state index in [1.807, 2.05) is 45.0 Å². The Morgan fingerprint density at radius 3 is 2.78 bits per heavy atom. The second kappa shape index (κ2) is 6.99. The van der Waals surface area contributed by atoms with Crippen molar-refractivity contribution in [3.8, 4) is 5.75 Å². The van der Waals surface area contributed by atoms with Gasteiger partial charge in [-0.05, 0) is 45.4 Å². The van der Waals surface area contributed by atoms with Gasteiger partial charge in [0.2, 0.25) is 0 Å². The first kappa shape index (κ1) is 17.3. The van der Waals surface area contributed by atoms with Crippen molar-refractivity contribution in [2.45, 2.75) is 47.0 Å². The molecular formula is C19H26N2O2. The number of aryl methyl sites for hydroxylation is 1. The van der Waals surface area contributed by atoms with Gasteiger partial charge in [0.1, 0.15) is 18.1 Å². The van der Waals surface area contributed by atoms with Crippen LogP contribution in [0.5, 0.6) is 5.75 Å². The third kappa shape index (κ3) is 4.01. The molecule has 0 bridgehead atoms. The van der Waals surface area contributed by atoms with Crippen LogP contribution in [0.25, 0.3) is 10.9 Å². The van der Waals surface area contributed by atoms with Gasteiger partial charge in [-0.3, -0.25) is 9.78 Å². The van der Waals surface area contributed by atoms with Gasteiger partial charge in [-0.1, -0.05) is 19.4 Å². The van der Waals surface area contributed by atoms with Gasteiger partial charge in [0, 0.05) is 17.8 Å². The summed E-state index contributed by atoms with van der Waals surface area (Å²) in [6, 6.07) is 7.54. The third-order valence-electron chi connectivity index (χ3n) is 4.05. The van der Waals surface area contributed by atoms with E-state index < -0.39 is 5.41 Å². The van der Waals surface area contributed by atoms with Crippen molar-refractivity contribution in [2.75, 3.05) is 12.3 Å². The number of carbonyl (C=O) groups is 1. The zero-order valence-electron chi connectivity index (χ0n) is 14.5. The lowest BCUT2D eigenvalue weighted by Crippen LogP contribution is -2.31. The molecule has 2 rings (SSSR count). The lowest BCUT2D eigenvalue weighted by atomic mass is 9.86. The van der Waals surface area contributed by atoms with Gasteiger partial charge in [-0.2, -0.15) is 0 Å². The highest BCUT2D eigenvalue weighted by molar-refractivity contribution is 5.95. The van der Waals surface area contributed by atoms with Crippen molar-refractivity contribution >= 4 is 22.4 Å². The second-order valence-electron chi connectivity index (χ2n) is 6.70. The number of rotatable bonds is 7. The van der Waals surface area contributed by atoms with E-state index in [-0.39, 0.29) is 5.78 Å². The topological polar surface area (TPSA) is 65.2 Å². The van der Waals surface area contributed by atoms with Gasteiger partial charge < -0.3 is 10.5 Å². The summed E-state index contributed by atoms with van der Waals surface area (Å²) in [7, 11) is 0. The van der Waals surface area contributed by atoms with Crippen molar-refractivity contribution < 1.29 is 9.53 Å². The first-order valence-corrected chi connectivity index (χ1v) is 8.17. The zero-order chi connectivity index (χ0) is 17.0. The quantitative estimate of drug-likeness (QED) is 0.828. The van der Waals surface area contributed by atoms with Gasteiger partial charge in [-0.15, -0.1) is 0 Å². The summed E-state index contributed by atoms with van der Waals surface area (Å²) >= 11 is 0. The van der Waals surface area contributed by atoms with E-state index in [0.717, 1.165) is 29.4 Å². The fourth-order valence-electron chi connectivity index (χ4n) is 2.56. The molecule has 0 aliphatic heterocycles. The van der Waals surface area contributed by atoms with Crippen LogP contribution in [0, 0.1) is 12.3 Å². The molecule has 0 atom stereocenters. The normalized spacial score (nSPS) is 11.7.